The third-order valence-electron chi connectivity index (χ3n) is 6.29. The number of hydrogen-bond donors (Lipinski definition) is 2. The van der Waals surface area contributed by atoms with E-state index < -0.39 is 0 Å². The number of anilines is 2. The number of methoxy groups -OCH3 is 1. The SMILES string of the molecule is COc1ccc(NC(=O)N2CC3CC(C2)c2c(NC(=O)c4cncnc4)ccc(=O)n2C3)cc1. The molecule has 2 unspecified atom stereocenters. The van der Waals surface area contributed by atoms with Crippen molar-refractivity contribution in [1.29, 1.82) is 0 Å². The van der Waals surface area contributed by atoms with E-state index in [4.69, 9.17) is 4.74 Å². The Morgan fingerprint density at radius 3 is 2.50 bits per heavy atom. The number of nitrogens with zero attached hydrogens (tertiary/aromatic N) is 4. The maximum Gasteiger partial charge on any atom is 0.321 e. The number of carbonyl (C=O) groups excluding carboxylic acids is 2. The molecule has 10 nitrogen and oxygen atoms in total. The topological polar surface area (TPSA) is 118 Å². The summed E-state index contributed by atoms with van der Waals surface area (Å²) in [5, 5.41) is 5.84. The van der Waals surface area contributed by atoms with Gasteiger partial charge in [0.25, 0.3) is 11.5 Å². The molecule has 0 spiro atoms. The molecule has 174 valence electrons. The van der Waals surface area contributed by atoms with Crippen molar-refractivity contribution in [2.75, 3.05) is 30.8 Å². The molecule has 2 aromatic heterocycles. The predicted octanol–water partition coefficient (Wildman–Crippen LogP) is 2.55. The largest absolute Gasteiger partial charge is 0.497 e. The molecule has 5 rings (SSSR count). The van der Waals surface area contributed by atoms with E-state index in [2.05, 4.69) is 20.6 Å². The van der Waals surface area contributed by atoms with Gasteiger partial charge in [0.15, 0.2) is 0 Å². The Balaban J connectivity index is 1.37. The molecule has 4 heterocycles. The van der Waals surface area contributed by atoms with Crippen molar-refractivity contribution in [1.82, 2.24) is 19.4 Å². The van der Waals surface area contributed by atoms with Crippen LogP contribution in [0.5, 0.6) is 5.75 Å². The Bertz CT molecular complexity index is 1270. The minimum absolute atomic E-state index is 0.0784. The van der Waals surface area contributed by atoms with Crippen molar-refractivity contribution >= 4 is 23.3 Å². The van der Waals surface area contributed by atoms with Gasteiger partial charge in [0.1, 0.15) is 12.1 Å². The van der Waals surface area contributed by atoms with Gasteiger partial charge in [-0.25, -0.2) is 14.8 Å². The van der Waals surface area contributed by atoms with Gasteiger partial charge in [0.05, 0.1) is 18.4 Å². The monoisotopic (exact) mass is 460 g/mol. The minimum atomic E-state index is -0.353. The second kappa shape index (κ2) is 8.97. The van der Waals surface area contributed by atoms with Gasteiger partial charge in [0.2, 0.25) is 0 Å². The van der Waals surface area contributed by atoms with Gasteiger partial charge in [0, 0.05) is 55.4 Å². The van der Waals surface area contributed by atoms with Gasteiger partial charge in [-0.1, -0.05) is 0 Å². The molecule has 1 saturated heterocycles. The lowest BCUT2D eigenvalue weighted by molar-refractivity contribution is 0.102. The Labute approximate surface area is 195 Å². The number of hydrogen-bond acceptors (Lipinski definition) is 6. The molecular weight excluding hydrogens is 436 g/mol. The van der Waals surface area contributed by atoms with Gasteiger partial charge in [-0.15, -0.1) is 0 Å². The van der Waals surface area contributed by atoms with Crippen LogP contribution in [0, 0.1) is 5.92 Å². The second-order valence-corrected chi connectivity index (χ2v) is 8.52. The summed E-state index contributed by atoms with van der Waals surface area (Å²) in [6.07, 6.45) is 5.07. The molecule has 34 heavy (non-hydrogen) atoms. The number of fused-ring (bicyclic) bond motifs is 4. The van der Waals surface area contributed by atoms with Crippen molar-refractivity contribution in [2.45, 2.75) is 18.9 Å². The first-order chi connectivity index (χ1) is 16.5. The van der Waals surface area contributed by atoms with Crippen LogP contribution < -0.4 is 20.9 Å². The van der Waals surface area contributed by atoms with Gasteiger partial charge in [-0.05, 0) is 42.7 Å². The van der Waals surface area contributed by atoms with E-state index in [1.165, 1.54) is 24.8 Å². The second-order valence-electron chi connectivity index (χ2n) is 8.52. The van der Waals surface area contributed by atoms with Crippen LogP contribution in [0.2, 0.25) is 0 Å². The van der Waals surface area contributed by atoms with E-state index in [-0.39, 0.29) is 29.3 Å². The molecular formula is C24H24N6O4. The van der Waals surface area contributed by atoms with Crippen LogP contribution in [0.15, 0.2) is 59.9 Å². The van der Waals surface area contributed by atoms with Crippen molar-refractivity contribution in [3.05, 3.63) is 76.7 Å². The lowest BCUT2D eigenvalue weighted by Crippen LogP contribution is -2.50. The number of benzene rings is 1. The first-order valence-electron chi connectivity index (χ1n) is 11.0. The molecule has 2 N–H and O–H groups in total. The summed E-state index contributed by atoms with van der Waals surface area (Å²) < 4.78 is 6.89. The number of pyridine rings is 1. The molecule has 1 fully saturated rings. The van der Waals surface area contributed by atoms with E-state index in [1.807, 2.05) is 0 Å². The van der Waals surface area contributed by atoms with Gasteiger partial charge in [-0.2, -0.15) is 0 Å². The number of likely N-dealkylation sites (tertiary alicyclic amines) is 1. The van der Waals surface area contributed by atoms with Crippen molar-refractivity contribution in [3.8, 4) is 5.75 Å². The summed E-state index contributed by atoms with van der Waals surface area (Å²) in [4.78, 5) is 47.9. The van der Waals surface area contributed by atoms with E-state index in [0.717, 1.165) is 12.1 Å². The zero-order valence-electron chi connectivity index (χ0n) is 18.6. The molecule has 2 aliphatic rings. The summed E-state index contributed by atoms with van der Waals surface area (Å²) in [7, 11) is 1.59. The van der Waals surface area contributed by atoms with Crippen LogP contribution in [-0.4, -0.2) is 51.6 Å². The lowest BCUT2D eigenvalue weighted by atomic mass is 9.82. The standard InChI is InChI=1S/C24H24N6O4/c1-34-19-4-2-18(3-5-19)27-24(33)29-11-15-8-16(13-29)22-20(6-7-21(31)30(22)12-15)28-23(32)17-9-25-14-26-10-17/h2-7,9-10,14-16H,8,11-13H2,1H3,(H,27,33)(H,28,32). The average Bonchev–Trinajstić information content (AvgIpc) is 2.86. The summed E-state index contributed by atoms with van der Waals surface area (Å²) in [6, 6.07) is 10.1. The molecule has 0 radical (unpaired) electrons. The summed E-state index contributed by atoms with van der Waals surface area (Å²) in [5.74, 6) is 0.433. The van der Waals surface area contributed by atoms with Crippen LogP contribution in [0.1, 0.15) is 28.4 Å². The molecule has 0 aliphatic carbocycles. The Hall–Kier alpha value is -4.21. The summed E-state index contributed by atoms with van der Waals surface area (Å²) >= 11 is 0. The third-order valence-corrected chi connectivity index (χ3v) is 6.29. The van der Waals surface area contributed by atoms with Crippen molar-refractivity contribution < 1.29 is 14.3 Å². The quantitative estimate of drug-likeness (QED) is 0.618. The number of urea groups is 1. The number of piperidine rings is 1. The zero-order chi connectivity index (χ0) is 23.7. The number of aromatic nitrogens is 3. The zero-order valence-corrected chi connectivity index (χ0v) is 18.6. The maximum absolute atomic E-state index is 13.0. The fourth-order valence-electron chi connectivity index (χ4n) is 4.77. The average molecular weight is 460 g/mol. The van der Waals surface area contributed by atoms with Crippen LogP contribution in [0.4, 0.5) is 16.2 Å². The van der Waals surface area contributed by atoms with Crippen LogP contribution in [0.25, 0.3) is 0 Å². The van der Waals surface area contributed by atoms with Crippen molar-refractivity contribution in [2.24, 2.45) is 5.92 Å². The molecule has 3 amide bonds. The number of amides is 3. The van der Waals surface area contributed by atoms with E-state index >= 15 is 0 Å². The van der Waals surface area contributed by atoms with Gasteiger partial charge >= 0.3 is 6.03 Å². The molecule has 10 heteroatoms. The molecule has 1 aromatic carbocycles. The van der Waals surface area contributed by atoms with Crippen LogP contribution in [-0.2, 0) is 6.54 Å². The smallest absolute Gasteiger partial charge is 0.321 e. The van der Waals surface area contributed by atoms with E-state index in [1.54, 1.807) is 46.9 Å². The number of carbonyl (C=O) groups is 2. The molecule has 2 aliphatic heterocycles. The fourth-order valence-corrected chi connectivity index (χ4v) is 4.77. The highest BCUT2D eigenvalue weighted by Gasteiger charge is 2.38. The Kier molecular flexibility index (Phi) is 5.70. The first kappa shape index (κ1) is 21.6. The minimum Gasteiger partial charge on any atom is -0.497 e. The predicted molar refractivity (Wildman–Crippen MR) is 125 cm³/mol. The lowest BCUT2D eigenvalue weighted by Gasteiger charge is -2.43. The fraction of sp³-hybridized carbons (Fsp3) is 0.292. The third kappa shape index (κ3) is 4.21. The number of ether oxygens (including phenoxy) is 1. The van der Waals surface area contributed by atoms with Gasteiger partial charge < -0.3 is 24.8 Å². The van der Waals surface area contributed by atoms with Crippen LogP contribution >= 0.6 is 0 Å². The Morgan fingerprint density at radius 1 is 1.00 bits per heavy atom. The molecule has 2 bridgehead atoms. The van der Waals surface area contributed by atoms with Gasteiger partial charge in [-0.3, -0.25) is 9.59 Å². The van der Waals surface area contributed by atoms with E-state index in [9.17, 15) is 14.4 Å². The molecule has 2 atom stereocenters. The van der Waals surface area contributed by atoms with Crippen LogP contribution in [0.3, 0.4) is 0 Å². The van der Waals surface area contributed by atoms with E-state index in [0.29, 0.717) is 42.3 Å². The number of nitrogens with one attached hydrogen (secondary N) is 2. The first-order valence-corrected chi connectivity index (χ1v) is 11.0. The van der Waals surface area contributed by atoms with Crippen molar-refractivity contribution in [3.63, 3.8) is 0 Å². The molecule has 3 aromatic rings. The number of rotatable bonds is 4. The molecule has 0 saturated carbocycles. The maximum atomic E-state index is 13.0. The highest BCUT2D eigenvalue weighted by molar-refractivity contribution is 6.04. The highest BCUT2D eigenvalue weighted by atomic mass is 16.5. The summed E-state index contributed by atoms with van der Waals surface area (Å²) in [5.41, 5.74) is 2.20. The normalized spacial score (nSPS) is 18.6. The summed E-state index contributed by atoms with van der Waals surface area (Å²) in [6.45, 7) is 1.50. The Morgan fingerprint density at radius 2 is 1.76 bits per heavy atom. The highest BCUT2D eigenvalue weighted by Crippen LogP contribution is 2.38.